The van der Waals surface area contributed by atoms with Gasteiger partial charge in [-0.3, -0.25) is 0 Å². The monoisotopic (exact) mass is 228 g/mol. The van der Waals surface area contributed by atoms with Gasteiger partial charge in [-0.05, 0) is 29.4 Å². The molecule has 6 atom stereocenters. The Kier molecular flexibility index (Phi) is 1.86. The van der Waals surface area contributed by atoms with Crippen molar-refractivity contribution in [3.05, 3.63) is 47.5 Å². The predicted octanol–water partition coefficient (Wildman–Crippen LogP) is 2.21. The van der Waals surface area contributed by atoms with Crippen LogP contribution in [0.5, 0.6) is 0 Å². The topological polar surface area (TPSA) is 40.5 Å². The van der Waals surface area contributed by atoms with Crippen molar-refractivity contribution < 1.29 is 10.2 Å². The van der Waals surface area contributed by atoms with Gasteiger partial charge in [0.1, 0.15) is 0 Å². The molecule has 0 aromatic heterocycles. The van der Waals surface area contributed by atoms with E-state index in [-0.39, 0.29) is 11.8 Å². The minimum absolute atomic E-state index is 0.217. The van der Waals surface area contributed by atoms with E-state index < -0.39 is 12.2 Å². The number of aliphatic hydroxyl groups is 2. The molecule has 0 saturated heterocycles. The predicted molar refractivity (Wildman–Crippen MR) is 64.1 cm³/mol. The molecule has 3 aliphatic rings. The van der Waals surface area contributed by atoms with E-state index >= 15 is 0 Å². The van der Waals surface area contributed by atoms with Crippen LogP contribution in [0.25, 0.3) is 0 Å². The van der Waals surface area contributed by atoms with Gasteiger partial charge in [0.05, 0.1) is 12.2 Å². The zero-order chi connectivity index (χ0) is 11.6. The van der Waals surface area contributed by atoms with Crippen LogP contribution >= 0.6 is 0 Å². The third kappa shape index (κ3) is 1.12. The SMILES string of the molecule is O[C@@H]1c2ccccc2[C@H](O)[C@@H]2C3C=CC(C3)[C@@H]21. The van der Waals surface area contributed by atoms with Crippen LogP contribution in [0.15, 0.2) is 36.4 Å². The number of hydrogen-bond donors (Lipinski definition) is 2. The fourth-order valence-electron chi connectivity index (χ4n) is 4.25. The van der Waals surface area contributed by atoms with Crippen LogP contribution in [0.4, 0.5) is 0 Å². The van der Waals surface area contributed by atoms with Gasteiger partial charge in [-0.15, -0.1) is 0 Å². The van der Waals surface area contributed by atoms with E-state index in [4.69, 9.17) is 0 Å². The smallest absolute Gasteiger partial charge is 0.0831 e. The summed E-state index contributed by atoms with van der Waals surface area (Å²) < 4.78 is 0. The summed E-state index contributed by atoms with van der Waals surface area (Å²) in [5, 5.41) is 21.1. The molecular weight excluding hydrogens is 212 g/mol. The lowest BCUT2D eigenvalue weighted by Crippen LogP contribution is -2.35. The summed E-state index contributed by atoms with van der Waals surface area (Å²) in [7, 11) is 0. The number of allylic oxidation sites excluding steroid dienone is 2. The molecule has 0 aliphatic heterocycles. The van der Waals surface area contributed by atoms with Crippen LogP contribution in [0.1, 0.15) is 29.8 Å². The Labute approximate surface area is 101 Å². The molecule has 2 nitrogen and oxygen atoms in total. The molecule has 2 heteroatoms. The van der Waals surface area contributed by atoms with Gasteiger partial charge in [-0.1, -0.05) is 36.4 Å². The molecule has 2 N–H and O–H groups in total. The third-order valence-electron chi connectivity index (χ3n) is 4.95. The van der Waals surface area contributed by atoms with Crippen molar-refractivity contribution in [1.82, 2.24) is 0 Å². The Morgan fingerprint density at radius 2 is 1.29 bits per heavy atom. The molecular formula is C15H16O2. The molecule has 1 aromatic rings. The lowest BCUT2D eigenvalue weighted by atomic mass is 9.68. The highest BCUT2D eigenvalue weighted by atomic mass is 16.3. The van der Waals surface area contributed by atoms with Gasteiger partial charge in [-0.25, -0.2) is 0 Å². The average Bonchev–Trinajstić information content (AvgIpc) is 2.96. The maximum atomic E-state index is 10.5. The van der Waals surface area contributed by atoms with Crippen molar-refractivity contribution >= 4 is 0 Å². The number of rotatable bonds is 0. The van der Waals surface area contributed by atoms with Crippen molar-refractivity contribution in [1.29, 1.82) is 0 Å². The normalized spacial score (nSPS) is 45.8. The van der Waals surface area contributed by atoms with Crippen LogP contribution in [-0.2, 0) is 0 Å². The standard InChI is InChI=1S/C15H16O2/c16-14-10-3-1-2-4-11(10)15(17)13-9-6-5-8(7-9)12(13)14/h1-6,8-9,12-17H,7H2/t8?,9?,12-,13+,14+,15-. The van der Waals surface area contributed by atoms with Gasteiger partial charge in [-0.2, -0.15) is 0 Å². The van der Waals surface area contributed by atoms with E-state index in [0.717, 1.165) is 17.5 Å². The summed E-state index contributed by atoms with van der Waals surface area (Å²) >= 11 is 0. The van der Waals surface area contributed by atoms with Gasteiger partial charge in [0.2, 0.25) is 0 Å². The highest BCUT2D eigenvalue weighted by Crippen LogP contribution is 2.59. The molecule has 1 saturated carbocycles. The quantitative estimate of drug-likeness (QED) is 0.668. The largest absolute Gasteiger partial charge is 0.388 e. The molecule has 2 unspecified atom stereocenters. The number of aliphatic hydroxyl groups excluding tert-OH is 2. The van der Waals surface area contributed by atoms with E-state index in [1.807, 2.05) is 24.3 Å². The van der Waals surface area contributed by atoms with Crippen LogP contribution in [0.2, 0.25) is 0 Å². The first-order valence-electron chi connectivity index (χ1n) is 6.40. The highest BCUT2D eigenvalue weighted by Gasteiger charge is 2.54. The van der Waals surface area contributed by atoms with Crippen molar-refractivity contribution in [2.45, 2.75) is 18.6 Å². The summed E-state index contributed by atoms with van der Waals surface area (Å²) in [4.78, 5) is 0. The van der Waals surface area contributed by atoms with Crippen LogP contribution < -0.4 is 0 Å². The first kappa shape index (κ1) is 9.86. The first-order valence-corrected chi connectivity index (χ1v) is 6.40. The molecule has 1 fully saturated rings. The maximum Gasteiger partial charge on any atom is 0.0831 e. The summed E-state index contributed by atoms with van der Waals surface area (Å²) in [6, 6.07) is 7.79. The second-order valence-electron chi connectivity index (χ2n) is 5.62. The molecule has 17 heavy (non-hydrogen) atoms. The summed E-state index contributed by atoms with van der Waals surface area (Å²) in [5.41, 5.74) is 1.87. The lowest BCUT2D eigenvalue weighted by Gasteiger charge is -2.41. The highest BCUT2D eigenvalue weighted by molar-refractivity contribution is 5.37. The van der Waals surface area contributed by atoms with E-state index in [0.29, 0.717) is 11.8 Å². The van der Waals surface area contributed by atoms with Crippen molar-refractivity contribution in [2.75, 3.05) is 0 Å². The minimum atomic E-state index is -0.403. The molecule has 2 bridgehead atoms. The Bertz CT molecular complexity index is 450. The Morgan fingerprint density at radius 3 is 1.76 bits per heavy atom. The second-order valence-corrected chi connectivity index (χ2v) is 5.62. The Hall–Kier alpha value is -1.12. The van der Waals surface area contributed by atoms with Crippen LogP contribution in [-0.4, -0.2) is 10.2 Å². The summed E-state index contributed by atoms with van der Waals surface area (Å²) in [5.74, 6) is 1.36. The minimum Gasteiger partial charge on any atom is -0.388 e. The van der Waals surface area contributed by atoms with Gasteiger partial charge >= 0.3 is 0 Å². The lowest BCUT2D eigenvalue weighted by molar-refractivity contribution is -0.0209. The van der Waals surface area contributed by atoms with Crippen LogP contribution in [0.3, 0.4) is 0 Å². The zero-order valence-electron chi connectivity index (χ0n) is 9.53. The van der Waals surface area contributed by atoms with Gasteiger partial charge < -0.3 is 10.2 Å². The Balaban J connectivity index is 1.88. The van der Waals surface area contributed by atoms with E-state index in [1.165, 1.54) is 0 Å². The third-order valence-corrected chi connectivity index (χ3v) is 4.95. The summed E-state index contributed by atoms with van der Waals surface area (Å²) in [6.45, 7) is 0. The second kappa shape index (κ2) is 3.21. The van der Waals surface area contributed by atoms with E-state index in [1.54, 1.807) is 0 Å². The van der Waals surface area contributed by atoms with Gasteiger partial charge in [0.25, 0.3) is 0 Å². The van der Waals surface area contributed by atoms with Gasteiger partial charge in [0, 0.05) is 11.8 Å². The van der Waals surface area contributed by atoms with Gasteiger partial charge in [0.15, 0.2) is 0 Å². The molecule has 0 radical (unpaired) electrons. The molecule has 4 rings (SSSR count). The van der Waals surface area contributed by atoms with E-state index in [2.05, 4.69) is 12.2 Å². The fourth-order valence-corrected chi connectivity index (χ4v) is 4.25. The molecule has 1 aromatic carbocycles. The molecule has 88 valence electrons. The van der Waals surface area contributed by atoms with E-state index in [9.17, 15) is 10.2 Å². The molecule has 3 aliphatic carbocycles. The Morgan fingerprint density at radius 1 is 0.824 bits per heavy atom. The number of benzene rings is 1. The first-order chi connectivity index (χ1) is 8.27. The number of hydrogen-bond acceptors (Lipinski definition) is 2. The average molecular weight is 228 g/mol. The maximum absolute atomic E-state index is 10.5. The summed E-state index contributed by atoms with van der Waals surface area (Å²) in [6.07, 6.45) is 4.77. The number of fused-ring (bicyclic) bond motifs is 6. The van der Waals surface area contributed by atoms with Crippen LogP contribution in [0, 0.1) is 23.7 Å². The zero-order valence-corrected chi connectivity index (χ0v) is 9.53. The molecule has 0 spiro atoms. The fraction of sp³-hybridized carbons (Fsp3) is 0.467. The molecule has 0 amide bonds. The van der Waals surface area contributed by atoms with Crippen molar-refractivity contribution in [2.24, 2.45) is 23.7 Å². The van der Waals surface area contributed by atoms with Crippen molar-refractivity contribution in [3.8, 4) is 0 Å². The molecule has 0 heterocycles. The van der Waals surface area contributed by atoms with Crippen molar-refractivity contribution in [3.63, 3.8) is 0 Å².